The molecule has 2 fully saturated rings. The molecule has 136 valence electrons. The van der Waals surface area contributed by atoms with Gasteiger partial charge in [-0.1, -0.05) is 18.9 Å². The van der Waals surface area contributed by atoms with Gasteiger partial charge in [-0.15, -0.1) is 0 Å². The Balaban J connectivity index is 1.55. The summed E-state index contributed by atoms with van der Waals surface area (Å²) >= 11 is 0. The largest absolute Gasteiger partial charge is 0.486 e. The zero-order chi connectivity index (χ0) is 17.1. The van der Waals surface area contributed by atoms with Gasteiger partial charge in [-0.25, -0.2) is 0 Å². The maximum atomic E-state index is 6.25. The van der Waals surface area contributed by atoms with Crippen LogP contribution in [0.4, 0.5) is 0 Å². The standard InChI is InChI=1S/C19H27N3O3/c20-18(22-7-9-23-10-8-22)21-14-19(5-1-2-6-19)15-3-4-16-17(13-15)25-12-11-24-16/h3-4,13H,1-2,5-12,14H2,(H2,20,21). The van der Waals surface area contributed by atoms with Crippen molar-refractivity contribution >= 4 is 5.96 Å². The molecule has 0 aromatic heterocycles. The average molecular weight is 345 g/mol. The molecular formula is C19H27N3O3. The lowest BCUT2D eigenvalue weighted by molar-refractivity contribution is 0.0673. The second-order valence-electron chi connectivity index (χ2n) is 7.12. The Labute approximate surface area is 148 Å². The van der Waals surface area contributed by atoms with Crippen molar-refractivity contribution in [1.82, 2.24) is 4.90 Å². The van der Waals surface area contributed by atoms with Gasteiger partial charge in [0, 0.05) is 18.5 Å². The van der Waals surface area contributed by atoms with Gasteiger partial charge < -0.3 is 24.8 Å². The van der Waals surface area contributed by atoms with Crippen LogP contribution < -0.4 is 15.2 Å². The van der Waals surface area contributed by atoms with Gasteiger partial charge in [0.25, 0.3) is 0 Å². The maximum absolute atomic E-state index is 6.25. The van der Waals surface area contributed by atoms with E-state index in [4.69, 9.17) is 24.9 Å². The van der Waals surface area contributed by atoms with E-state index in [-0.39, 0.29) is 5.41 Å². The van der Waals surface area contributed by atoms with Crippen LogP contribution in [-0.4, -0.2) is 56.9 Å². The highest BCUT2D eigenvalue weighted by Crippen LogP contribution is 2.44. The van der Waals surface area contributed by atoms with E-state index < -0.39 is 0 Å². The van der Waals surface area contributed by atoms with Crippen LogP contribution in [0.5, 0.6) is 11.5 Å². The Morgan fingerprint density at radius 2 is 1.76 bits per heavy atom. The van der Waals surface area contributed by atoms with E-state index >= 15 is 0 Å². The molecule has 0 atom stereocenters. The van der Waals surface area contributed by atoms with Crippen molar-refractivity contribution in [3.63, 3.8) is 0 Å². The van der Waals surface area contributed by atoms with Crippen LogP contribution in [-0.2, 0) is 10.2 Å². The minimum absolute atomic E-state index is 0.0622. The third-order valence-corrected chi connectivity index (χ3v) is 5.59. The number of hydrogen-bond donors (Lipinski definition) is 1. The third-order valence-electron chi connectivity index (χ3n) is 5.59. The number of nitrogens with zero attached hydrogens (tertiary/aromatic N) is 2. The molecule has 0 unspecified atom stereocenters. The van der Waals surface area contributed by atoms with E-state index in [1.807, 2.05) is 6.07 Å². The molecule has 1 aliphatic carbocycles. The average Bonchev–Trinajstić information content (AvgIpc) is 3.16. The summed E-state index contributed by atoms with van der Waals surface area (Å²) in [5.74, 6) is 2.35. The molecule has 1 saturated carbocycles. The number of fused-ring (bicyclic) bond motifs is 1. The predicted octanol–water partition coefficient (Wildman–Crippen LogP) is 1.92. The fourth-order valence-electron chi connectivity index (χ4n) is 4.09. The SMILES string of the molecule is NC(=NCC1(c2ccc3c(c2)OCCO3)CCCC1)N1CCOCC1. The highest BCUT2D eigenvalue weighted by Gasteiger charge is 2.36. The van der Waals surface area contributed by atoms with E-state index in [1.54, 1.807) is 0 Å². The number of hydrogen-bond acceptors (Lipinski definition) is 4. The van der Waals surface area contributed by atoms with Crippen molar-refractivity contribution in [3.8, 4) is 11.5 Å². The van der Waals surface area contributed by atoms with E-state index in [9.17, 15) is 0 Å². The van der Waals surface area contributed by atoms with Crippen molar-refractivity contribution in [2.24, 2.45) is 10.7 Å². The van der Waals surface area contributed by atoms with Crippen LogP contribution in [0.1, 0.15) is 31.2 Å². The van der Waals surface area contributed by atoms with Crippen LogP contribution >= 0.6 is 0 Å². The van der Waals surface area contributed by atoms with Gasteiger partial charge in [0.05, 0.1) is 19.8 Å². The normalized spacial score (nSPS) is 22.9. The molecule has 0 radical (unpaired) electrons. The Morgan fingerprint density at radius 1 is 1.04 bits per heavy atom. The lowest BCUT2D eigenvalue weighted by Gasteiger charge is -2.31. The first-order valence-electron chi connectivity index (χ1n) is 9.30. The fourth-order valence-corrected chi connectivity index (χ4v) is 4.09. The molecule has 25 heavy (non-hydrogen) atoms. The van der Waals surface area contributed by atoms with Crippen LogP contribution in [0.3, 0.4) is 0 Å². The number of benzene rings is 1. The minimum atomic E-state index is 0.0622. The summed E-state index contributed by atoms with van der Waals surface area (Å²) in [5.41, 5.74) is 7.61. The second kappa shape index (κ2) is 7.12. The Morgan fingerprint density at radius 3 is 2.52 bits per heavy atom. The molecular weight excluding hydrogens is 318 g/mol. The molecule has 4 rings (SSSR count). The Kier molecular flexibility index (Phi) is 4.70. The van der Waals surface area contributed by atoms with E-state index in [2.05, 4.69) is 17.0 Å². The highest BCUT2D eigenvalue weighted by atomic mass is 16.6. The van der Waals surface area contributed by atoms with Crippen molar-refractivity contribution in [1.29, 1.82) is 0 Å². The molecule has 6 nitrogen and oxygen atoms in total. The third kappa shape index (κ3) is 3.40. The van der Waals surface area contributed by atoms with Crippen LogP contribution in [0, 0.1) is 0 Å². The van der Waals surface area contributed by atoms with Gasteiger partial charge in [0.15, 0.2) is 17.5 Å². The topological polar surface area (TPSA) is 69.3 Å². The molecule has 0 spiro atoms. The zero-order valence-electron chi connectivity index (χ0n) is 14.7. The minimum Gasteiger partial charge on any atom is -0.486 e. The van der Waals surface area contributed by atoms with Gasteiger partial charge in [-0.2, -0.15) is 0 Å². The first-order valence-corrected chi connectivity index (χ1v) is 9.30. The number of aliphatic imine (C=N–C) groups is 1. The van der Waals surface area contributed by atoms with Gasteiger partial charge in [0.1, 0.15) is 13.2 Å². The summed E-state index contributed by atoms with van der Waals surface area (Å²) in [5, 5.41) is 0. The molecule has 0 bridgehead atoms. The number of ether oxygens (including phenoxy) is 3. The van der Waals surface area contributed by atoms with Crippen molar-refractivity contribution in [3.05, 3.63) is 23.8 Å². The van der Waals surface area contributed by atoms with Gasteiger partial charge in [-0.05, 0) is 30.5 Å². The zero-order valence-corrected chi connectivity index (χ0v) is 14.7. The van der Waals surface area contributed by atoms with Crippen LogP contribution in [0.2, 0.25) is 0 Å². The fraction of sp³-hybridized carbons (Fsp3) is 0.632. The van der Waals surface area contributed by atoms with Crippen molar-refractivity contribution in [2.75, 3.05) is 46.1 Å². The number of guanidine groups is 1. The Bertz CT molecular complexity index is 635. The number of rotatable bonds is 3. The summed E-state index contributed by atoms with van der Waals surface area (Å²) in [7, 11) is 0. The first-order chi connectivity index (χ1) is 12.3. The molecule has 6 heteroatoms. The van der Waals surface area contributed by atoms with Crippen molar-refractivity contribution < 1.29 is 14.2 Å². The van der Waals surface area contributed by atoms with Crippen LogP contribution in [0.15, 0.2) is 23.2 Å². The summed E-state index contributed by atoms with van der Waals surface area (Å²) in [4.78, 5) is 6.90. The molecule has 2 N–H and O–H groups in total. The summed E-state index contributed by atoms with van der Waals surface area (Å²) < 4.78 is 16.8. The molecule has 2 aliphatic heterocycles. The lowest BCUT2D eigenvalue weighted by atomic mass is 9.79. The molecule has 0 amide bonds. The summed E-state index contributed by atoms with van der Waals surface area (Å²) in [6, 6.07) is 6.37. The first kappa shape index (κ1) is 16.5. The van der Waals surface area contributed by atoms with Gasteiger partial charge in [0.2, 0.25) is 0 Å². The number of morpholine rings is 1. The summed E-state index contributed by atoms with van der Waals surface area (Å²) in [6.45, 7) is 5.07. The number of nitrogens with two attached hydrogens (primary N) is 1. The molecule has 2 heterocycles. The van der Waals surface area contributed by atoms with E-state index in [1.165, 1.54) is 18.4 Å². The smallest absolute Gasteiger partial charge is 0.191 e. The Hall–Kier alpha value is -1.95. The quantitative estimate of drug-likeness (QED) is 0.669. The molecule has 1 aromatic rings. The summed E-state index contributed by atoms with van der Waals surface area (Å²) in [6.07, 6.45) is 4.77. The lowest BCUT2D eigenvalue weighted by Crippen LogP contribution is -2.45. The molecule has 3 aliphatic rings. The van der Waals surface area contributed by atoms with Gasteiger partial charge >= 0.3 is 0 Å². The van der Waals surface area contributed by atoms with Gasteiger partial charge in [-0.3, -0.25) is 4.99 Å². The van der Waals surface area contributed by atoms with E-state index in [0.717, 1.165) is 57.2 Å². The van der Waals surface area contributed by atoms with Crippen LogP contribution in [0.25, 0.3) is 0 Å². The molecule has 1 saturated heterocycles. The highest BCUT2D eigenvalue weighted by molar-refractivity contribution is 5.78. The van der Waals surface area contributed by atoms with Crippen molar-refractivity contribution in [2.45, 2.75) is 31.1 Å². The molecule has 1 aromatic carbocycles. The maximum Gasteiger partial charge on any atom is 0.191 e. The predicted molar refractivity (Wildman–Crippen MR) is 96.5 cm³/mol. The monoisotopic (exact) mass is 345 g/mol. The second-order valence-corrected chi connectivity index (χ2v) is 7.12. The van der Waals surface area contributed by atoms with E-state index in [0.29, 0.717) is 19.2 Å².